The van der Waals surface area contributed by atoms with Gasteiger partial charge in [0.2, 0.25) is 5.82 Å². The molecule has 0 bridgehead atoms. The number of likely N-dealkylation sites (tertiary alicyclic amines) is 1. The van der Waals surface area contributed by atoms with Crippen LogP contribution in [0, 0.1) is 21.4 Å². The Morgan fingerprint density at radius 2 is 1.78 bits per heavy atom. The summed E-state index contributed by atoms with van der Waals surface area (Å²) in [4.78, 5) is 41.8. The molecule has 2 aliphatic carbocycles. The summed E-state index contributed by atoms with van der Waals surface area (Å²) in [6.07, 6.45) is 15.4. The van der Waals surface area contributed by atoms with Crippen LogP contribution in [0.4, 0.5) is 17.2 Å². The smallest absolute Gasteiger partial charge is 0.312 e. The van der Waals surface area contributed by atoms with Crippen LogP contribution in [0.25, 0.3) is 11.0 Å². The molecule has 17 nitrogen and oxygen atoms in total. The number of aryl methyl sites for hydroxylation is 1. The van der Waals surface area contributed by atoms with Crippen LogP contribution in [-0.2, 0) is 30.9 Å². The predicted molar refractivity (Wildman–Crippen MR) is 265 cm³/mol. The molecule has 3 aliphatic heterocycles. The third-order valence-corrected chi connectivity index (χ3v) is 18.9. The fraction of sp³-hybridized carbons (Fsp3) is 0.500. The number of ether oxygens (including phenoxy) is 2. The van der Waals surface area contributed by atoms with E-state index in [0.717, 1.165) is 87.9 Å². The van der Waals surface area contributed by atoms with E-state index in [1.807, 2.05) is 12.1 Å². The Bertz CT molecular complexity index is 2940. The van der Waals surface area contributed by atoms with E-state index >= 15 is 0 Å². The fourth-order valence-electron chi connectivity index (χ4n) is 11.4. The molecular weight excluding hydrogens is 919 g/mol. The normalized spacial score (nSPS) is 22.8. The number of piperidine rings is 1. The SMILES string of the molecule is CCc1ccccc1[C@H]1CCCN1C1CC2(CCN(c3ccc(C(=O)NS(=O)(=O)c4cnc(NCC5CCC(N=S6(=O)CCOCC6)CC5)c([N+](=O)[O-])c4)c(Oc4cnc5[nH]ccc5c4)c3)CC2)C1. The Morgan fingerprint density at radius 1 is 1.00 bits per heavy atom. The van der Waals surface area contributed by atoms with Crippen LogP contribution >= 0.6 is 0 Å². The van der Waals surface area contributed by atoms with Gasteiger partial charge in [0.25, 0.3) is 15.9 Å². The summed E-state index contributed by atoms with van der Waals surface area (Å²) in [5.74, 6) is 0.535. The number of H-pyrrole nitrogens is 1. The predicted octanol–water partition coefficient (Wildman–Crippen LogP) is 8.39. The maximum Gasteiger partial charge on any atom is 0.312 e. The first-order valence-electron chi connectivity index (χ1n) is 24.4. The first-order chi connectivity index (χ1) is 33.4. The maximum absolute atomic E-state index is 14.0. The first kappa shape index (κ1) is 47.1. The molecule has 19 heteroatoms. The van der Waals surface area contributed by atoms with E-state index in [2.05, 4.69) is 66.0 Å². The van der Waals surface area contributed by atoms with Gasteiger partial charge in [0, 0.05) is 61.1 Å². The van der Waals surface area contributed by atoms with E-state index in [1.165, 1.54) is 43.0 Å². The lowest BCUT2D eigenvalue weighted by molar-refractivity contribution is -0.384. The van der Waals surface area contributed by atoms with Crippen molar-refractivity contribution in [2.24, 2.45) is 15.7 Å². The summed E-state index contributed by atoms with van der Waals surface area (Å²) in [5.41, 5.74) is 4.18. The van der Waals surface area contributed by atoms with E-state index in [-0.39, 0.29) is 29.1 Å². The van der Waals surface area contributed by atoms with Crippen LogP contribution in [0.3, 0.4) is 0 Å². The van der Waals surface area contributed by atoms with Crippen molar-refractivity contribution in [3.63, 3.8) is 0 Å². The minimum atomic E-state index is -4.65. The Hall–Kier alpha value is -5.63. The number of nitrogens with one attached hydrogen (secondary N) is 3. The zero-order valence-electron chi connectivity index (χ0n) is 39.0. The summed E-state index contributed by atoms with van der Waals surface area (Å²) < 4.78 is 59.2. The molecule has 5 aliphatic rings. The number of rotatable bonds is 14. The average molecular weight is 980 g/mol. The molecule has 2 saturated carbocycles. The van der Waals surface area contributed by atoms with Crippen molar-refractivity contribution in [1.29, 1.82) is 0 Å². The van der Waals surface area contributed by atoms with Gasteiger partial charge < -0.3 is 24.7 Å². The number of sulfonamides is 1. The van der Waals surface area contributed by atoms with Crippen LogP contribution in [0.15, 0.2) is 88.5 Å². The number of carbonyl (C=O) groups is 1. The molecule has 1 spiro atoms. The van der Waals surface area contributed by atoms with Crippen molar-refractivity contribution in [3.05, 3.63) is 106 Å². The number of benzene rings is 2. The van der Waals surface area contributed by atoms with E-state index in [9.17, 15) is 27.5 Å². The van der Waals surface area contributed by atoms with Crippen LogP contribution in [-0.4, -0.2) is 106 Å². The summed E-state index contributed by atoms with van der Waals surface area (Å²) in [5, 5.41) is 16.1. The highest BCUT2D eigenvalue weighted by atomic mass is 32.2. The van der Waals surface area contributed by atoms with Gasteiger partial charge in [0.05, 0.1) is 63.4 Å². The lowest BCUT2D eigenvalue weighted by atomic mass is 9.59. The second kappa shape index (κ2) is 19.6. The van der Waals surface area contributed by atoms with Crippen molar-refractivity contribution in [3.8, 4) is 11.5 Å². The van der Waals surface area contributed by atoms with Gasteiger partial charge in [-0.3, -0.25) is 19.8 Å². The molecule has 5 fully saturated rings. The van der Waals surface area contributed by atoms with Crippen LogP contribution in [0.1, 0.15) is 98.7 Å². The van der Waals surface area contributed by atoms with Gasteiger partial charge in [-0.1, -0.05) is 31.2 Å². The van der Waals surface area contributed by atoms with Gasteiger partial charge in [-0.05, 0) is 124 Å². The molecule has 1 atom stereocenters. The monoisotopic (exact) mass is 979 g/mol. The molecule has 3 saturated heterocycles. The van der Waals surface area contributed by atoms with Gasteiger partial charge >= 0.3 is 5.69 Å². The largest absolute Gasteiger partial charge is 0.455 e. The molecule has 366 valence electrons. The number of pyridine rings is 2. The lowest BCUT2D eigenvalue weighted by Gasteiger charge is -2.56. The molecule has 3 N–H and O–H groups in total. The Kier molecular flexibility index (Phi) is 13.4. The minimum absolute atomic E-state index is 0.0113. The van der Waals surface area contributed by atoms with Crippen molar-refractivity contribution >= 4 is 53.9 Å². The molecule has 3 aromatic heterocycles. The van der Waals surface area contributed by atoms with Crippen molar-refractivity contribution in [2.75, 3.05) is 61.1 Å². The minimum Gasteiger partial charge on any atom is -0.455 e. The van der Waals surface area contributed by atoms with Gasteiger partial charge in [-0.15, -0.1) is 0 Å². The molecule has 2 aromatic carbocycles. The Morgan fingerprint density at radius 3 is 2.55 bits per heavy atom. The molecule has 10 rings (SSSR count). The number of carbonyl (C=O) groups excluding carboxylic acids is 1. The van der Waals surface area contributed by atoms with Crippen LogP contribution < -0.4 is 19.7 Å². The summed E-state index contributed by atoms with van der Waals surface area (Å²) in [6, 6.07) is 19.7. The van der Waals surface area contributed by atoms with E-state index < -0.39 is 41.2 Å². The topological polar surface area (TPSA) is 214 Å². The highest BCUT2D eigenvalue weighted by Crippen LogP contribution is 2.54. The number of hydrogen-bond acceptors (Lipinski definition) is 14. The Balaban J connectivity index is 0.807. The number of nitrogens with zero attached hydrogens (tertiary/aromatic N) is 6. The molecule has 1 amide bonds. The number of fused-ring (bicyclic) bond motifs is 1. The third-order valence-electron chi connectivity index (χ3n) is 15.3. The van der Waals surface area contributed by atoms with Crippen LogP contribution in [0.2, 0.25) is 0 Å². The van der Waals surface area contributed by atoms with Crippen molar-refractivity contribution in [1.82, 2.24) is 24.6 Å². The zero-order chi connectivity index (χ0) is 47.8. The van der Waals surface area contributed by atoms with Crippen molar-refractivity contribution < 1.29 is 31.8 Å². The summed E-state index contributed by atoms with van der Waals surface area (Å²) in [7, 11) is -6.89. The molecule has 0 unspecified atom stereocenters. The number of hydrogen-bond donors (Lipinski definition) is 3. The highest BCUT2D eigenvalue weighted by Gasteiger charge is 2.50. The third kappa shape index (κ3) is 10.2. The summed E-state index contributed by atoms with van der Waals surface area (Å²) in [6.45, 7) is 6.36. The molecule has 0 radical (unpaired) electrons. The summed E-state index contributed by atoms with van der Waals surface area (Å²) >= 11 is 0. The molecule has 6 heterocycles. The second-order valence-electron chi connectivity index (χ2n) is 19.6. The first-order valence-corrected chi connectivity index (χ1v) is 27.8. The lowest BCUT2D eigenvalue weighted by Crippen LogP contribution is -2.54. The number of aromatic amines is 1. The van der Waals surface area contributed by atoms with Gasteiger partial charge in [-0.25, -0.2) is 31.7 Å². The van der Waals surface area contributed by atoms with Gasteiger partial charge in [0.15, 0.2) is 0 Å². The molecular formula is C50H61N9O8S2. The molecule has 69 heavy (non-hydrogen) atoms. The van der Waals surface area contributed by atoms with Gasteiger partial charge in [0.1, 0.15) is 22.0 Å². The van der Waals surface area contributed by atoms with E-state index in [0.29, 0.717) is 60.2 Å². The number of nitro groups is 1. The van der Waals surface area contributed by atoms with E-state index in [1.54, 1.807) is 24.4 Å². The number of aromatic nitrogens is 3. The quantitative estimate of drug-likeness (QED) is 0.0705. The number of amides is 1. The van der Waals surface area contributed by atoms with E-state index in [4.69, 9.17) is 13.8 Å². The fourth-order valence-corrected chi connectivity index (χ4v) is 14.2. The Labute approximate surface area is 403 Å². The van der Waals surface area contributed by atoms with Gasteiger partial charge in [-0.2, -0.15) is 0 Å². The maximum atomic E-state index is 14.0. The zero-order valence-corrected chi connectivity index (χ0v) is 40.6. The average Bonchev–Trinajstić information content (AvgIpc) is 4.03. The van der Waals surface area contributed by atoms with Crippen LogP contribution in [0.5, 0.6) is 11.5 Å². The van der Waals surface area contributed by atoms with Crippen molar-refractivity contribution in [2.45, 2.75) is 101 Å². The number of anilines is 2. The second-order valence-corrected chi connectivity index (χ2v) is 23.8. The standard InChI is InChI=1S/C50H61N9O8S2/c1-2-35-6-3-4-7-42(35)44-8-5-19-58(44)39-29-50(30-39)16-20-57(21-17-50)38-13-14-43(46(27-38)67-40-26-36-15-18-51-47(36)53-32-40)49(60)56-69(64,65)41-28-45(59(61)62)48(54-33-41)52-31-34-9-11-37(12-10-34)55-68(63)24-22-66-23-25-68/h3-4,6-7,13-15,18,26-28,32-34,37,39,44H,2,5,8-12,16-17,19-25,29-31H2,1H3,(H,51,53)(H,52,54)(H,56,60)/t34?,37?,44-/m1/s1. The molecule has 5 aromatic rings. The highest BCUT2D eigenvalue weighted by molar-refractivity contribution is 7.93.